The van der Waals surface area contributed by atoms with Crippen molar-refractivity contribution in [3.8, 4) is 0 Å². The first-order valence-corrected chi connectivity index (χ1v) is 3.21. The minimum atomic E-state index is -0.116. The predicted molar refractivity (Wildman–Crippen MR) is 35.3 cm³/mol. The molecule has 0 aromatic heterocycles. The van der Waals surface area contributed by atoms with Gasteiger partial charge in [0.05, 0.1) is 7.85 Å². The van der Waals surface area contributed by atoms with Gasteiger partial charge in [-0.25, -0.2) is 0 Å². The zero-order chi connectivity index (χ0) is 6.91. The molecule has 2 N–H and O–H groups in total. The molecule has 0 spiro atoms. The average Bonchev–Trinajstić information content (AvgIpc) is 2.63. The van der Waals surface area contributed by atoms with E-state index in [1.165, 1.54) is 0 Å². The molecule has 2 unspecified atom stereocenters. The van der Waals surface area contributed by atoms with E-state index in [0.29, 0.717) is 6.32 Å². The number of hydrogen-bond donors (Lipinski definition) is 2. The summed E-state index contributed by atoms with van der Waals surface area (Å²) in [7, 11) is 5.37. The molecule has 2 atom stereocenters. The van der Waals surface area contributed by atoms with Crippen molar-refractivity contribution in [1.82, 2.24) is 0 Å². The number of hydrogen-bond acceptors (Lipinski definition) is 2. The lowest BCUT2D eigenvalue weighted by atomic mass is 9.87. The quantitative estimate of drug-likeness (QED) is 0.503. The monoisotopic (exact) mass is 126 g/mol. The maximum absolute atomic E-state index is 8.77. The van der Waals surface area contributed by atoms with Gasteiger partial charge in [-0.15, -0.1) is 0 Å². The Morgan fingerprint density at radius 2 is 2.22 bits per heavy atom. The zero-order valence-electron chi connectivity index (χ0n) is 5.38. The molecule has 2 radical (unpaired) electrons. The molecule has 0 heterocycles. The van der Waals surface area contributed by atoms with Crippen molar-refractivity contribution in [2.24, 2.45) is 11.3 Å². The van der Waals surface area contributed by atoms with E-state index in [1.807, 2.05) is 0 Å². The summed E-state index contributed by atoms with van der Waals surface area (Å²) in [4.78, 5) is 0. The van der Waals surface area contributed by atoms with Crippen LogP contribution in [-0.2, 0) is 0 Å². The van der Waals surface area contributed by atoms with E-state index >= 15 is 0 Å². The first-order valence-electron chi connectivity index (χ1n) is 3.21. The highest BCUT2D eigenvalue weighted by Gasteiger charge is 2.50. The number of rotatable bonds is 3. The van der Waals surface area contributed by atoms with Gasteiger partial charge in [0, 0.05) is 13.2 Å². The summed E-state index contributed by atoms with van der Waals surface area (Å²) < 4.78 is 0. The van der Waals surface area contributed by atoms with Gasteiger partial charge in [-0.1, -0.05) is 6.32 Å². The summed E-state index contributed by atoms with van der Waals surface area (Å²) in [5, 5.41) is 17.4. The smallest absolute Gasteiger partial charge is 0.0661 e. The second-order valence-corrected chi connectivity index (χ2v) is 2.81. The third kappa shape index (κ3) is 0.991. The van der Waals surface area contributed by atoms with Gasteiger partial charge in [-0.2, -0.15) is 0 Å². The minimum absolute atomic E-state index is 0.116. The van der Waals surface area contributed by atoms with Crippen LogP contribution in [0.4, 0.5) is 0 Å². The summed E-state index contributed by atoms with van der Waals surface area (Å²) in [6, 6.07) is 0. The number of aliphatic hydroxyl groups is 2. The molecule has 0 amide bonds. The standard InChI is InChI=1S/C6H11BO2/c7-3-6(4-9)1-5(6)2-8/h5,8-9H,1-4H2. The molecule has 0 aliphatic heterocycles. The Balaban J connectivity index is 2.37. The van der Waals surface area contributed by atoms with Gasteiger partial charge in [0.1, 0.15) is 0 Å². The maximum atomic E-state index is 8.77. The van der Waals surface area contributed by atoms with Crippen LogP contribution in [-0.4, -0.2) is 31.3 Å². The van der Waals surface area contributed by atoms with E-state index in [0.717, 1.165) is 6.42 Å². The largest absolute Gasteiger partial charge is 0.396 e. The fourth-order valence-electron chi connectivity index (χ4n) is 1.20. The molecule has 3 heteroatoms. The highest BCUT2D eigenvalue weighted by Crippen LogP contribution is 2.54. The summed E-state index contributed by atoms with van der Waals surface area (Å²) in [6.07, 6.45) is 1.38. The Morgan fingerprint density at radius 3 is 2.33 bits per heavy atom. The first kappa shape index (κ1) is 7.10. The van der Waals surface area contributed by atoms with Crippen molar-refractivity contribution in [2.45, 2.75) is 12.7 Å². The Bertz CT molecular complexity index is 101. The molecule has 0 aromatic carbocycles. The lowest BCUT2D eigenvalue weighted by Gasteiger charge is -2.08. The van der Waals surface area contributed by atoms with Crippen LogP contribution in [0.15, 0.2) is 0 Å². The van der Waals surface area contributed by atoms with Crippen LogP contribution in [0, 0.1) is 11.3 Å². The van der Waals surface area contributed by atoms with E-state index < -0.39 is 0 Å². The molecule has 2 nitrogen and oxygen atoms in total. The Hall–Kier alpha value is -0.0151. The number of aliphatic hydroxyl groups excluding tert-OH is 2. The van der Waals surface area contributed by atoms with E-state index in [2.05, 4.69) is 0 Å². The predicted octanol–water partition coefficient (Wildman–Crippen LogP) is -0.436. The topological polar surface area (TPSA) is 40.5 Å². The summed E-state index contributed by atoms with van der Waals surface area (Å²) >= 11 is 0. The first-order chi connectivity index (χ1) is 4.29. The summed E-state index contributed by atoms with van der Waals surface area (Å²) in [5.74, 6) is 0.257. The van der Waals surface area contributed by atoms with Crippen LogP contribution in [0.2, 0.25) is 6.32 Å². The van der Waals surface area contributed by atoms with Crippen molar-refractivity contribution in [3.05, 3.63) is 0 Å². The fourth-order valence-corrected chi connectivity index (χ4v) is 1.20. The molecule has 0 aromatic rings. The van der Waals surface area contributed by atoms with Crippen LogP contribution >= 0.6 is 0 Å². The Kier molecular flexibility index (Phi) is 1.82. The van der Waals surface area contributed by atoms with Crippen LogP contribution in [0.1, 0.15) is 6.42 Å². The minimum Gasteiger partial charge on any atom is -0.396 e. The Labute approximate surface area is 56.3 Å². The molecule has 1 saturated carbocycles. The van der Waals surface area contributed by atoms with E-state index in [9.17, 15) is 0 Å². The van der Waals surface area contributed by atoms with E-state index in [4.69, 9.17) is 18.1 Å². The molecule has 0 saturated heterocycles. The zero-order valence-corrected chi connectivity index (χ0v) is 5.38. The van der Waals surface area contributed by atoms with Gasteiger partial charge >= 0.3 is 0 Å². The normalized spacial score (nSPS) is 40.9. The molecule has 9 heavy (non-hydrogen) atoms. The van der Waals surface area contributed by atoms with Gasteiger partial charge in [0.25, 0.3) is 0 Å². The van der Waals surface area contributed by atoms with E-state index in [-0.39, 0.29) is 24.5 Å². The van der Waals surface area contributed by atoms with Crippen molar-refractivity contribution < 1.29 is 10.2 Å². The third-order valence-electron chi connectivity index (χ3n) is 2.30. The van der Waals surface area contributed by atoms with Crippen LogP contribution < -0.4 is 0 Å². The Morgan fingerprint density at radius 1 is 1.56 bits per heavy atom. The van der Waals surface area contributed by atoms with Crippen molar-refractivity contribution in [1.29, 1.82) is 0 Å². The van der Waals surface area contributed by atoms with Gasteiger partial charge in [-0.05, 0) is 17.8 Å². The second kappa shape index (κ2) is 2.31. The summed E-state index contributed by atoms with van der Waals surface area (Å²) in [6.45, 7) is 0.284. The van der Waals surface area contributed by atoms with Crippen molar-refractivity contribution in [3.63, 3.8) is 0 Å². The lowest BCUT2D eigenvalue weighted by molar-refractivity contribution is 0.185. The van der Waals surface area contributed by atoms with E-state index in [1.54, 1.807) is 0 Å². The second-order valence-electron chi connectivity index (χ2n) is 2.81. The molecule has 1 aliphatic carbocycles. The maximum Gasteiger partial charge on any atom is 0.0661 e. The average molecular weight is 126 g/mol. The van der Waals surface area contributed by atoms with Gasteiger partial charge in [-0.3, -0.25) is 0 Å². The van der Waals surface area contributed by atoms with Gasteiger partial charge in [0.2, 0.25) is 0 Å². The van der Waals surface area contributed by atoms with Crippen LogP contribution in [0.3, 0.4) is 0 Å². The SMILES string of the molecule is [B]CC1(CO)CC1CO. The van der Waals surface area contributed by atoms with Crippen LogP contribution in [0.25, 0.3) is 0 Å². The summed E-state index contributed by atoms with van der Waals surface area (Å²) in [5.41, 5.74) is -0.116. The molecule has 1 aliphatic rings. The molecule has 50 valence electrons. The van der Waals surface area contributed by atoms with Gasteiger partial charge in [0.15, 0.2) is 0 Å². The molecular weight excluding hydrogens is 115 g/mol. The highest BCUT2D eigenvalue weighted by molar-refractivity contribution is 6.09. The van der Waals surface area contributed by atoms with Gasteiger partial charge < -0.3 is 10.2 Å². The van der Waals surface area contributed by atoms with Crippen molar-refractivity contribution in [2.75, 3.05) is 13.2 Å². The lowest BCUT2D eigenvalue weighted by Crippen LogP contribution is -2.10. The molecular formula is C6H11BO2. The fraction of sp³-hybridized carbons (Fsp3) is 1.00. The molecule has 1 fully saturated rings. The highest BCUT2D eigenvalue weighted by atomic mass is 16.3. The van der Waals surface area contributed by atoms with Crippen LogP contribution in [0.5, 0.6) is 0 Å². The molecule has 1 rings (SSSR count). The third-order valence-corrected chi connectivity index (χ3v) is 2.30. The molecule has 0 bridgehead atoms. The van der Waals surface area contributed by atoms with Crippen molar-refractivity contribution >= 4 is 7.85 Å².